The number of nitrogens with one attached hydrogen (secondary N) is 1. The Balaban J connectivity index is 2.27. The van der Waals surface area contributed by atoms with Crippen molar-refractivity contribution in [1.29, 1.82) is 0 Å². The summed E-state index contributed by atoms with van der Waals surface area (Å²) in [6.07, 6.45) is 0.264. The fourth-order valence-electron chi connectivity index (χ4n) is 3.03. The van der Waals surface area contributed by atoms with Crippen LogP contribution >= 0.6 is 11.6 Å². The Bertz CT molecular complexity index is 831. The quantitative estimate of drug-likeness (QED) is 0.746. The first kappa shape index (κ1) is 22.0. The van der Waals surface area contributed by atoms with Crippen LogP contribution in [0.4, 0.5) is 0 Å². The SMILES string of the molecule is Cc1ccc(C)c(CC(=O)N(Cc2ccc(Cl)cc2)[C@@H](C)C(=O)NC(C)C)c1. The normalized spacial score (nSPS) is 12.0. The predicted octanol–water partition coefficient (Wildman–Crippen LogP) is 4.44. The molecule has 0 aromatic heterocycles. The van der Waals surface area contributed by atoms with Crippen molar-refractivity contribution in [2.45, 2.75) is 59.7 Å². The molecule has 4 nitrogen and oxygen atoms in total. The number of hydrogen-bond acceptors (Lipinski definition) is 2. The Hall–Kier alpha value is -2.33. The molecule has 1 N–H and O–H groups in total. The van der Waals surface area contributed by atoms with E-state index in [1.807, 2.05) is 58.0 Å². The van der Waals surface area contributed by atoms with Crippen LogP contribution in [-0.2, 0) is 22.6 Å². The van der Waals surface area contributed by atoms with Gasteiger partial charge in [-0.1, -0.05) is 47.5 Å². The molecule has 5 heteroatoms. The lowest BCUT2D eigenvalue weighted by atomic mass is 10.0. The van der Waals surface area contributed by atoms with Gasteiger partial charge in [-0.2, -0.15) is 0 Å². The van der Waals surface area contributed by atoms with Gasteiger partial charge in [-0.15, -0.1) is 0 Å². The van der Waals surface area contributed by atoms with Crippen LogP contribution in [0.1, 0.15) is 43.0 Å². The predicted molar refractivity (Wildman–Crippen MR) is 114 cm³/mol. The molecule has 2 amide bonds. The highest BCUT2D eigenvalue weighted by Gasteiger charge is 2.26. The number of carbonyl (C=O) groups is 2. The molecule has 0 aliphatic carbocycles. The lowest BCUT2D eigenvalue weighted by molar-refractivity contribution is -0.140. The number of aryl methyl sites for hydroxylation is 2. The summed E-state index contributed by atoms with van der Waals surface area (Å²) < 4.78 is 0. The Morgan fingerprint density at radius 3 is 2.29 bits per heavy atom. The average Bonchev–Trinajstić information content (AvgIpc) is 2.63. The van der Waals surface area contributed by atoms with Gasteiger partial charge in [-0.3, -0.25) is 9.59 Å². The summed E-state index contributed by atoms with van der Waals surface area (Å²) in [6, 6.07) is 12.9. The summed E-state index contributed by atoms with van der Waals surface area (Å²) in [6.45, 7) is 9.96. The van der Waals surface area contributed by atoms with Crippen LogP contribution in [0.15, 0.2) is 42.5 Å². The van der Waals surface area contributed by atoms with Gasteiger partial charge >= 0.3 is 0 Å². The summed E-state index contributed by atoms with van der Waals surface area (Å²) in [5.41, 5.74) is 4.11. The van der Waals surface area contributed by atoms with Gasteiger partial charge in [0.05, 0.1) is 6.42 Å². The number of hydrogen-bond donors (Lipinski definition) is 1. The van der Waals surface area contributed by atoms with Crippen molar-refractivity contribution >= 4 is 23.4 Å². The molecule has 0 saturated carbocycles. The summed E-state index contributed by atoms with van der Waals surface area (Å²) in [7, 11) is 0. The highest BCUT2D eigenvalue weighted by Crippen LogP contribution is 2.17. The third-order valence-corrected chi connectivity index (χ3v) is 4.96. The van der Waals surface area contributed by atoms with Crippen LogP contribution in [0.5, 0.6) is 0 Å². The minimum Gasteiger partial charge on any atom is -0.352 e. The zero-order valence-corrected chi connectivity index (χ0v) is 18.0. The van der Waals surface area contributed by atoms with Gasteiger partial charge in [0.25, 0.3) is 0 Å². The second-order valence-electron chi connectivity index (χ2n) is 7.59. The number of benzene rings is 2. The molecule has 0 radical (unpaired) electrons. The summed E-state index contributed by atoms with van der Waals surface area (Å²) in [4.78, 5) is 27.4. The molecular weight excluding hydrogens is 372 g/mol. The molecule has 2 rings (SSSR count). The standard InChI is InChI=1S/C23H29ClN2O2/c1-15(2)25-23(28)18(5)26(14-19-8-10-21(24)11-9-19)22(27)13-20-12-16(3)6-7-17(20)4/h6-12,15,18H,13-14H2,1-5H3,(H,25,28)/t18-/m0/s1. The fraction of sp³-hybridized carbons (Fsp3) is 0.391. The molecule has 1 atom stereocenters. The zero-order chi connectivity index (χ0) is 20.8. The van der Waals surface area contributed by atoms with Crippen molar-refractivity contribution in [3.8, 4) is 0 Å². The molecule has 0 saturated heterocycles. The number of carbonyl (C=O) groups excluding carboxylic acids is 2. The van der Waals surface area contributed by atoms with Crippen molar-refractivity contribution < 1.29 is 9.59 Å². The molecule has 0 unspecified atom stereocenters. The van der Waals surface area contributed by atoms with Crippen molar-refractivity contribution in [3.05, 3.63) is 69.7 Å². The van der Waals surface area contributed by atoms with Gasteiger partial charge in [0.1, 0.15) is 6.04 Å². The Labute approximate surface area is 172 Å². The first-order chi connectivity index (χ1) is 13.2. The first-order valence-electron chi connectivity index (χ1n) is 9.57. The molecular formula is C23H29ClN2O2. The molecule has 0 aliphatic heterocycles. The van der Waals surface area contributed by atoms with E-state index in [1.165, 1.54) is 0 Å². The van der Waals surface area contributed by atoms with Crippen LogP contribution in [0.2, 0.25) is 5.02 Å². The van der Waals surface area contributed by atoms with Crippen LogP contribution in [0, 0.1) is 13.8 Å². The summed E-state index contributed by atoms with van der Waals surface area (Å²) in [5.74, 6) is -0.228. The molecule has 0 fully saturated rings. The van der Waals surface area contributed by atoms with Crippen molar-refractivity contribution in [2.24, 2.45) is 0 Å². The van der Waals surface area contributed by atoms with Gasteiger partial charge in [-0.25, -0.2) is 0 Å². The minimum atomic E-state index is -0.573. The van der Waals surface area contributed by atoms with Crippen molar-refractivity contribution in [1.82, 2.24) is 10.2 Å². The number of nitrogens with zero attached hydrogens (tertiary/aromatic N) is 1. The van der Waals surface area contributed by atoms with E-state index in [0.29, 0.717) is 11.6 Å². The largest absolute Gasteiger partial charge is 0.352 e. The Kier molecular flexibility index (Phi) is 7.64. The third kappa shape index (κ3) is 6.10. The maximum atomic E-state index is 13.2. The van der Waals surface area contributed by atoms with Gasteiger partial charge in [0, 0.05) is 17.6 Å². The monoisotopic (exact) mass is 400 g/mol. The summed E-state index contributed by atoms with van der Waals surface area (Å²) >= 11 is 5.98. The molecule has 150 valence electrons. The number of rotatable bonds is 7. The molecule has 28 heavy (non-hydrogen) atoms. The lowest BCUT2D eigenvalue weighted by Gasteiger charge is -2.29. The molecule has 2 aromatic carbocycles. The van der Waals surface area contributed by atoms with E-state index in [-0.39, 0.29) is 24.3 Å². The molecule has 0 aliphatic rings. The van der Waals surface area contributed by atoms with Crippen LogP contribution in [0.25, 0.3) is 0 Å². The van der Waals surface area contributed by atoms with Crippen LogP contribution in [-0.4, -0.2) is 28.8 Å². The fourth-order valence-corrected chi connectivity index (χ4v) is 3.16. The van der Waals surface area contributed by atoms with E-state index in [2.05, 4.69) is 5.32 Å². The van der Waals surface area contributed by atoms with E-state index in [1.54, 1.807) is 24.0 Å². The van der Waals surface area contributed by atoms with Crippen LogP contribution < -0.4 is 5.32 Å². The number of amides is 2. The third-order valence-electron chi connectivity index (χ3n) is 4.71. The van der Waals surface area contributed by atoms with Crippen molar-refractivity contribution in [3.63, 3.8) is 0 Å². The first-order valence-corrected chi connectivity index (χ1v) is 9.95. The Morgan fingerprint density at radius 2 is 1.68 bits per heavy atom. The van der Waals surface area contributed by atoms with Gasteiger partial charge in [0.15, 0.2) is 0 Å². The van der Waals surface area contributed by atoms with E-state index in [4.69, 9.17) is 11.6 Å². The maximum absolute atomic E-state index is 13.2. The molecule has 0 spiro atoms. The van der Waals surface area contributed by atoms with Gasteiger partial charge < -0.3 is 10.2 Å². The molecule has 2 aromatic rings. The smallest absolute Gasteiger partial charge is 0.242 e. The molecule has 0 bridgehead atoms. The topological polar surface area (TPSA) is 49.4 Å². The van der Waals surface area contributed by atoms with Gasteiger partial charge in [0.2, 0.25) is 11.8 Å². The summed E-state index contributed by atoms with van der Waals surface area (Å²) in [5, 5.41) is 3.54. The Morgan fingerprint density at radius 1 is 1.04 bits per heavy atom. The van der Waals surface area contributed by atoms with Crippen molar-refractivity contribution in [2.75, 3.05) is 0 Å². The molecule has 0 heterocycles. The van der Waals surface area contributed by atoms with E-state index in [0.717, 1.165) is 22.3 Å². The van der Waals surface area contributed by atoms with E-state index >= 15 is 0 Å². The zero-order valence-electron chi connectivity index (χ0n) is 17.3. The van der Waals surface area contributed by atoms with E-state index in [9.17, 15) is 9.59 Å². The second-order valence-corrected chi connectivity index (χ2v) is 8.03. The van der Waals surface area contributed by atoms with Gasteiger partial charge in [-0.05, 0) is 63.4 Å². The average molecular weight is 401 g/mol. The highest BCUT2D eigenvalue weighted by atomic mass is 35.5. The minimum absolute atomic E-state index is 0.0152. The maximum Gasteiger partial charge on any atom is 0.242 e. The lowest BCUT2D eigenvalue weighted by Crippen LogP contribution is -2.49. The van der Waals surface area contributed by atoms with Crippen LogP contribution in [0.3, 0.4) is 0 Å². The highest BCUT2D eigenvalue weighted by molar-refractivity contribution is 6.30. The second kappa shape index (κ2) is 9.74. The number of halogens is 1. The van der Waals surface area contributed by atoms with E-state index < -0.39 is 6.04 Å².